The van der Waals surface area contributed by atoms with E-state index < -0.39 is 36.5 Å². The van der Waals surface area contributed by atoms with Gasteiger partial charge in [-0.2, -0.15) is 0 Å². The summed E-state index contributed by atoms with van der Waals surface area (Å²) in [6, 6.07) is 8.83. The number of rotatable bonds is 9. The van der Waals surface area contributed by atoms with Crippen molar-refractivity contribution in [3.05, 3.63) is 48.5 Å². The number of alkyl carbamates (subject to hydrolysis) is 1. The van der Waals surface area contributed by atoms with Crippen molar-refractivity contribution in [1.29, 1.82) is 0 Å². The molecule has 36 heavy (non-hydrogen) atoms. The first kappa shape index (κ1) is 25.3. The maximum atomic E-state index is 12.5. The summed E-state index contributed by atoms with van der Waals surface area (Å²) in [5, 5.41) is 13.2. The van der Waals surface area contributed by atoms with E-state index in [2.05, 4.69) is 20.3 Å². The van der Waals surface area contributed by atoms with Crippen molar-refractivity contribution in [3.8, 4) is 0 Å². The van der Waals surface area contributed by atoms with Crippen LogP contribution in [0.1, 0.15) is 38.5 Å². The summed E-state index contributed by atoms with van der Waals surface area (Å²) >= 11 is 0. The third-order valence-corrected chi connectivity index (χ3v) is 6.02. The van der Waals surface area contributed by atoms with E-state index in [1.54, 1.807) is 4.57 Å². The molecule has 3 heterocycles. The molecule has 1 aliphatic rings. The van der Waals surface area contributed by atoms with Crippen molar-refractivity contribution in [2.24, 2.45) is 5.92 Å². The maximum Gasteiger partial charge on any atom is 0.407 e. The quantitative estimate of drug-likeness (QED) is 0.371. The van der Waals surface area contributed by atoms with Crippen LogP contribution in [0.4, 0.5) is 10.6 Å². The molecule has 0 spiro atoms. The van der Waals surface area contributed by atoms with Crippen LogP contribution in [0, 0.1) is 5.92 Å². The van der Waals surface area contributed by atoms with E-state index in [1.807, 2.05) is 44.2 Å². The number of benzene rings is 1. The van der Waals surface area contributed by atoms with Crippen LogP contribution in [0.2, 0.25) is 0 Å². The standard InChI is InChI=1S/C24H30N6O6/c1-14(2)16(29-24(33)35-10-15-6-4-3-5-7-15)8-20(32)34-11-18-17(31)9-19(36-18)30-13-28-21-22(25)26-12-27-23(21)30/h3-7,12-14,16-19,31H,8-11H2,1-2H3,(H,29,33)(H2,25,26,27)/t16-,17+,18-,19-/m1/s1. The Morgan fingerprint density at radius 3 is 2.75 bits per heavy atom. The smallest absolute Gasteiger partial charge is 0.407 e. The molecule has 12 heteroatoms. The number of imidazole rings is 1. The third kappa shape index (κ3) is 6.07. The van der Waals surface area contributed by atoms with Crippen molar-refractivity contribution in [2.45, 2.75) is 57.8 Å². The molecule has 4 rings (SSSR count). The highest BCUT2D eigenvalue weighted by Crippen LogP contribution is 2.31. The molecule has 4 atom stereocenters. The fourth-order valence-electron chi connectivity index (χ4n) is 3.90. The van der Waals surface area contributed by atoms with Gasteiger partial charge in [-0.25, -0.2) is 19.7 Å². The van der Waals surface area contributed by atoms with E-state index >= 15 is 0 Å². The highest BCUT2D eigenvalue weighted by Gasteiger charge is 2.37. The van der Waals surface area contributed by atoms with Gasteiger partial charge in [0.15, 0.2) is 11.5 Å². The molecule has 0 aliphatic carbocycles. The number of anilines is 1. The van der Waals surface area contributed by atoms with Gasteiger partial charge in [0, 0.05) is 12.5 Å². The lowest BCUT2D eigenvalue weighted by Crippen LogP contribution is -2.41. The maximum absolute atomic E-state index is 12.5. The lowest BCUT2D eigenvalue weighted by molar-refractivity contribution is -0.150. The highest BCUT2D eigenvalue weighted by molar-refractivity contribution is 5.81. The van der Waals surface area contributed by atoms with Crippen LogP contribution >= 0.6 is 0 Å². The molecule has 0 saturated carbocycles. The number of aromatic nitrogens is 4. The number of hydrogen-bond acceptors (Lipinski definition) is 10. The van der Waals surface area contributed by atoms with E-state index in [9.17, 15) is 14.7 Å². The van der Waals surface area contributed by atoms with Gasteiger partial charge in [0.2, 0.25) is 0 Å². The van der Waals surface area contributed by atoms with Crippen LogP contribution in [-0.2, 0) is 25.6 Å². The number of nitrogens with one attached hydrogen (secondary N) is 1. The molecule has 12 nitrogen and oxygen atoms in total. The number of aliphatic hydroxyl groups excluding tert-OH is 1. The number of carbonyl (C=O) groups is 2. The second-order valence-electron chi connectivity index (χ2n) is 8.96. The number of carbonyl (C=O) groups excluding carboxylic acids is 2. The van der Waals surface area contributed by atoms with Crippen molar-refractivity contribution >= 4 is 29.0 Å². The largest absolute Gasteiger partial charge is 0.463 e. The zero-order valence-electron chi connectivity index (χ0n) is 20.1. The Labute approximate surface area is 207 Å². The molecule has 192 valence electrons. The van der Waals surface area contributed by atoms with Crippen LogP contribution in [0.5, 0.6) is 0 Å². The molecule has 1 aromatic carbocycles. The zero-order valence-corrected chi connectivity index (χ0v) is 20.1. The number of nitrogens with zero attached hydrogens (tertiary/aromatic N) is 4. The Morgan fingerprint density at radius 1 is 1.22 bits per heavy atom. The minimum atomic E-state index is -0.855. The number of aliphatic hydroxyl groups is 1. The summed E-state index contributed by atoms with van der Waals surface area (Å²) in [6.45, 7) is 3.76. The van der Waals surface area contributed by atoms with Gasteiger partial charge < -0.3 is 30.4 Å². The van der Waals surface area contributed by atoms with Crippen molar-refractivity contribution in [2.75, 3.05) is 12.3 Å². The molecule has 1 amide bonds. The molecule has 1 aliphatic heterocycles. The molecule has 2 aromatic heterocycles. The summed E-state index contributed by atoms with van der Waals surface area (Å²) in [5.41, 5.74) is 7.62. The molecule has 1 fully saturated rings. The number of amides is 1. The van der Waals surface area contributed by atoms with Crippen molar-refractivity contribution in [3.63, 3.8) is 0 Å². The lowest BCUT2D eigenvalue weighted by atomic mass is 10.0. The van der Waals surface area contributed by atoms with E-state index in [-0.39, 0.29) is 37.8 Å². The Balaban J connectivity index is 1.26. The van der Waals surface area contributed by atoms with E-state index in [0.717, 1.165) is 5.56 Å². The average molecular weight is 499 g/mol. The molecule has 4 N–H and O–H groups in total. The number of hydrogen-bond donors (Lipinski definition) is 3. The second kappa shape index (κ2) is 11.3. The molecule has 1 saturated heterocycles. The minimum absolute atomic E-state index is 0.0384. The normalized spacial score (nSPS) is 20.4. The molecule has 0 unspecified atom stereocenters. The number of nitrogen functional groups attached to an aromatic ring is 1. The topological polar surface area (TPSA) is 164 Å². The monoisotopic (exact) mass is 498 g/mol. The fourth-order valence-corrected chi connectivity index (χ4v) is 3.90. The van der Waals surface area contributed by atoms with E-state index in [0.29, 0.717) is 11.2 Å². The van der Waals surface area contributed by atoms with Crippen molar-refractivity contribution < 1.29 is 28.9 Å². The zero-order chi connectivity index (χ0) is 25.7. The highest BCUT2D eigenvalue weighted by atomic mass is 16.6. The number of fused-ring (bicyclic) bond motifs is 1. The van der Waals surface area contributed by atoms with Gasteiger partial charge in [0.1, 0.15) is 37.4 Å². The van der Waals surface area contributed by atoms with Gasteiger partial charge in [-0.05, 0) is 11.5 Å². The molecular weight excluding hydrogens is 468 g/mol. The number of esters is 1. The van der Waals surface area contributed by atoms with Crippen LogP contribution in [0.25, 0.3) is 11.2 Å². The number of ether oxygens (including phenoxy) is 3. The predicted octanol–water partition coefficient (Wildman–Crippen LogP) is 1.94. The minimum Gasteiger partial charge on any atom is -0.463 e. The Hall–Kier alpha value is -3.77. The lowest BCUT2D eigenvalue weighted by Gasteiger charge is -2.22. The van der Waals surface area contributed by atoms with E-state index in [4.69, 9.17) is 19.9 Å². The van der Waals surface area contributed by atoms with Crippen LogP contribution < -0.4 is 11.1 Å². The third-order valence-electron chi connectivity index (χ3n) is 6.02. The molecule has 0 bridgehead atoms. The average Bonchev–Trinajstić information content (AvgIpc) is 3.45. The van der Waals surface area contributed by atoms with Gasteiger partial charge in [-0.15, -0.1) is 0 Å². The number of nitrogens with two attached hydrogens (primary N) is 1. The first-order valence-electron chi connectivity index (χ1n) is 11.7. The van der Waals surface area contributed by atoms with Gasteiger partial charge >= 0.3 is 12.1 Å². The fraction of sp³-hybridized carbons (Fsp3) is 0.458. The van der Waals surface area contributed by atoms with Gasteiger partial charge in [0.05, 0.1) is 18.9 Å². The SMILES string of the molecule is CC(C)[C@@H](CC(=O)OC[C@H]1O[C@@H](n2cnc3c(N)ncnc32)C[C@@H]1O)NC(=O)OCc1ccccc1. The summed E-state index contributed by atoms with van der Waals surface area (Å²) < 4.78 is 18.2. The van der Waals surface area contributed by atoms with Gasteiger partial charge in [-0.3, -0.25) is 9.36 Å². The molecular formula is C24H30N6O6. The van der Waals surface area contributed by atoms with Gasteiger partial charge in [-0.1, -0.05) is 44.2 Å². The van der Waals surface area contributed by atoms with Crippen LogP contribution in [-0.4, -0.2) is 61.5 Å². The van der Waals surface area contributed by atoms with Crippen LogP contribution in [0.15, 0.2) is 43.0 Å². The van der Waals surface area contributed by atoms with E-state index in [1.165, 1.54) is 12.7 Å². The summed E-state index contributed by atoms with van der Waals surface area (Å²) in [7, 11) is 0. The Bertz CT molecular complexity index is 1190. The first-order chi connectivity index (χ1) is 17.3. The summed E-state index contributed by atoms with van der Waals surface area (Å²) in [6.07, 6.45) is 0.331. The molecule has 0 radical (unpaired) electrons. The van der Waals surface area contributed by atoms with Crippen LogP contribution in [0.3, 0.4) is 0 Å². The summed E-state index contributed by atoms with van der Waals surface area (Å²) in [5.74, 6) is -0.312. The molecule has 3 aromatic rings. The Morgan fingerprint density at radius 2 is 2.00 bits per heavy atom. The summed E-state index contributed by atoms with van der Waals surface area (Å²) in [4.78, 5) is 37.0. The second-order valence-corrected chi connectivity index (χ2v) is 8.96. The van der Waals surface area contributed by atoms with Crippen molar-refractivity contribution in [1.82, 2.24) is 24.8 Å². The predicted molar refractivity (Wildman–Crippen MR) is 128 cm³/mol. The first-order valence-corrected chi connectivity index (χ1v) is 11.7. The Kier molecular flexibility index (Phi) is 7.96. The van der Waals surface area contributed by atoms with Gasteiger partial charge in [0.25, 0.3) is 0 Å².